The summed E-state index contributed by atoms with van der Waals surface area (Å²) in [5.74, 6) is 1.49. The Labute approximate surface area is 176 Å². The summed E-state index contributed by atoms with van der Waals surface area (Å²) >= 11 is 0. The number of rotatable bonds is 4. The molecule has 29 heavy (non-hydrogen) atoms. The molecule has 1 fully saturated rings. The molecule has 1 saturated carbocycles. The van der Waals surface area contributed by atoms with Crippen molar-refractivity contribution in [1.29, 1.82) is 0 Å². The molecule has 0 radical (unpaired) electrons. The SMILES string of the molecule is Cc1ccccc1[Si](c1ccccc1C)(c1ccccc1C)C1CC2C=CC1C2. The van der Waals surface area contributed by atoms with E-state index in [1.165, 1.54) is 29.5 Å². The highest BCUT2D eigenvalue weighted by Crippen LogP contribution is 2.51. The highest BCUT2D eigenvalue weighted by atomic mass is 28.3. The third kappa shape index (κ3) is 2.79. The van der Waals surface area contributed by atoms with E-state index >= 15 is 0 Å². The molecular weight excluding hydrogens is 364 g/mol. The summed E-state index contributed by atoms with van der Waals surface area (Å²) in [4.78, 5) is 0. The fraction of sp³-hybridized carbons (Fsp3) is 0.286. The third-order valence-corrected chi connectivity index (χ3v) is 13.6. The molecule has 3 aromatic carbocycles. The zero-order valence-corrected chi connectivity index (χ0v) is 18.7. The van der Waals surface area contributed by atoms with Gasteiger partial charge in [0.2, 0.25) is 0 Å². The third-order valence-electron chi connectivity index (χ3n) is 7.54. The van der Waals surface area contributed by atoms with Gasteiger partial charge in [-0.2, -0.15) is 0 Å². The predicted molar refractivity (Wildman–Crippen MR) is 127 cm³/mol. The average Bonchev–Trinajstić information content (AvgIpc) is 3.36. The van der Waals surface area contributed by atoms with Crippen molar-refractivity contribution < 1.29 is 0 Å². The van der Waals surface area contributed by atoms with Gasteiger partial charge >= 0.3 is 0 Å². The van der Waals surface area contributed by atoms with Crippen molar-refractivity contribution in [2.45, 2.75) is 39.2 Å². The Morgan fingerprint density at radius 2 is 1.03 bits per heavy atom. The van der Waals surface area contributed by atoms with Crippen molar-refractivity contribution in [1.82, 2.24) is 0 Å². The van der Waals surface area contributed by atoms with E-state index < -0.39 is 8.07 Å². The topological polar surface area (TPSA) is 0 Å². The Hall–Kier alpha value is -2.38. The van der Waals surface area contributed by atoms with Gasteiger partial charge < -0.3 is 0 Å². The molecule has 0 N–H and O–H groups in total. The highest BCUT2D eigenvalue weighted by molar-refractivity contribution is 7.13. The quantitative estimate of drug-likeness (QED) is 0.330. The van der Waals surface area contributed by atoms with Crippen molar-refractivity contribution in [2.75, 3.05) is 0 Å². The van der Waals surface area contributed by atoms with Gasteiger partial charge in [0, 0.05) is 0 Å². The molecule has 1 heteroatoms. The molecule has 3 atom stereocenters. The number of fused-ring (bicyclic) bond motifs is 2. The Kier molecular flexibility index (Phi) is 4.59. The number of allylic oxidation sites excluding steroid dienone is 2. The second-order valence-corrected chi connectivity index (χ2v) is 13.1. The minimum Gasteiger partial charge on any atom is -0.0851 e. The van der Waals surface area contributed by atoms with Crippen LogP contribution in [0.25, 0.3) is 0 Å². The molecule has 5 rings (SSSR count). The fourth-order valence-corrected chi connectivity index (χ4v) is 13.2. The fourth-order valence-electron chi connectivity index (χ4n) is 6.36. The molecule has 2 aliphatic carbocycles. The minimum atomic E-state index is -2.23. The Morgan fingerprint density at radius 1 is 0.586 bits per heavy atom. The lowest BCUT2D eigenvalue weighted by molar-refractivity contribution is 0.682. The van der Waals surface area contributed by atoms with Crippen LogP contribution in [0.4, 0.5) is 0 Å². The molecule has 0 nitrogen and oxygen atoms in total. The van der Waals surface area contributed by atoms with Gasteiger partial charge in [0.05, 0.1) is 0 Å². The molecule has 0 amide bonds. The predicted octanol–water partition coefficient (Wildman–Crippen LogP) is 5.05. The maximum atomic E-state index is 2.55. The standard InChI is InChI=1S/C28H30Si/c1-20-10-4-7-13-25(20)29(26-14-8-5-11-21(26)2,27-15-9-6-12-22(27)3)28-19-23-16-17-24(28)18-23/h4-17,23-24,28H,18-19H2,1-3H3. The average molecular weight is 395 g/mol. The molecule has 0 heterocycles. The van der Waals surface area contributed by atoms with Crippen molar-refractivity contribution in [3.63, 3.8) is 0 Å². The van der Waals surface area contributed by atoms with Crippen LogP contribution >= 0.6 is 0 Å². The van der Waals surface area contributed by atoms with E-state index in [1.807, 2.05) is 0 Å². The van der Waals surface area contributed by atoms with Crippen molar-refractivity contribution in [2.24, 2.45) is 11.8 Å². The molecule has 0 aliphatic heterocycles. The first kappa shape index (κ1) is 18.6. The van der Waals surface area contributed by atoms with Gasteiger partial charge in [0.25, 0.3) is 0 Å². The second kappa shape index (κ2) is 7.14. The Balaban J connectivity index is 1.92. The monoisotopic (exact) mass is 394 g/mol. The van der Waals surface area contributed by atoms with Gasteiger partial charge in [-0.1, -0.05) is 102 Å². The van der Waals surface area contributed by atoms with Crippen LogP contribution in [0.3, 0.4) is 0 Å². The molecule has 2 bridgehead atoms. The summed E-state index contributed by atoms with van der Waals surface area (Å²) < 4.78 is 0. The molecular formula is C28H30Si. The number of hydrogen-bond acceptors (Lipinski definition) is 0. The second-order valence-electron chi connectivity index (χ2n) is 9.14. The maximum Gasteiger partial charge on any atom is 0.152 e. The summed E-state index contributed by atoms with van der Waals surface area (Å²) in [7, 11) is -2.23. The molecule has 146 valence electrons. The Bertz CT molecular complexity index is 966. The lowest BCUT2D eigenvalue weighted by Gasteiger charge is -2.44. The normalized spacial score (nSPS) is 22.9. The summed E-state index contributed by atoms with van der Waals surface area (Å²) in [6, 6.07) is 27.8. The first-order chi connectivity index (χ1) is 14.1. The summed E-state index contributed by atoms with van der Waals surface area (Å²) in [5.41, 5.74) is 5.09. The smallest absolute Gasteiger partial charge is 0.0851 e. The molecule has 3 unspecified atom stereocenters. The van der Waals surface area contributed by atoms with Gasteiger partial charge in [0.15, 0.2) is 8.07 Å². The van der Waals surface area contributed by atoms with Crippen LogP contribution in [-0.4, -0.2) is 8.07 Å². The number of benzene rings is 3. The van der Waals surface area contributed by atoms with E-state index in [2.05, 4.69) is 106 Å². The first-order valence-electron chi connectivity index (χ1n) is 11.0. The molecule has 2 aliphatic rings. The summed E-state index contributed by atoms with van der Waals surface area (Å²) in [6.45, 7) is 6.99. The highest BCUT2D eigenvalue weighted by Gasteiger charge is 2.54. The largest absolute Gasteiger partial charge is 0.152 e. The zero-order chi connectivity index (χ0) is 20.0. The molecule has 0 saturated heterocycles. The van der Waals surface area contributed by atoms with Crippen LogP contribution in [0.15, 0.2) is 84.9 Å². The molecule has 3 aromatic rings. The number of aryl methyl sites for hydroxylation is 3. The van der Waals surface area contributed by atoms with E-state index in [1.54, 1.807) is 15.6 Å². The van der Waals surface area contributed by atoms with Crippen LogP contribution in [0.5, 0.6) is 0 Å². The van der Waals surface area contributed by atoms with Crippen molar-refractivity contribution >= 4 is 23.6 Å². The van der Waals surface area contributed by atoms with Crippen molar-refractivity contribution in [3.05, 3.63) is 102 Å². The maximum absolute atomic E-state index is 2.55. The summed E-state index contributed by atoms with van der Waals surface area (Å²) in [6.07, 6.45) is 7.73. The lowest BCUT2D eigenvalue weighted by Crippen LogP contribution is -2.72. The van der Waals surface area contributed by atoms with Crippen LogP contribution < -0.4 is 15.6 Å². The lowest BCUT2D eigenvalue weighted by atomic mass is 10.1. The summed E-state index contributed by atoms with van der Waals surface area (Å²) in [5, 5.41) is 4.86. The van der Waals surface area contributed by atoms with E-state index in [9.17, 15) is 0 Å². The molecule has 0 aromatic heterocycles. The van der Waals surface area contributed by atoms with E-state index in [0.29, 0.717) is 5.92 Å². The van der Waals surface area contributed by atoms with Crippen LogP contribution in [0, 0.1) is 32.6 Å². The van der Waals surface area contributed by atoms with Gasteiger partial charge in [0.1, 0.15) is 0 Å². The van der Waals surface area contributed by atoms with E-state index in [0.717, 1.165) is 11.5 Å². The first-order valence-corrected chi connectivity index (χ1v) is 13.1. The van der Waals surface area contributed by atoms with Gasteiger partial charge in [-0.25, -0.2) is 0 Å². The van der Waals surface area contributed by atoms with Gasteiger partial charge in [-0.3, -0.25) is 0 Å². The zero-order valence-electron chi connectivity index (χ0n) is 17.7. The number of hydrogen-bond donors (Lipinski definition) is 0. The van der Waals surface area contributed by atoms with Gasteiger partial charge in [-0.05, 0) is 66.6 Å². The van der Waals surface area contributed by atoms with Gasteiger partial charge in [-0.15, -0.1) is 0 Å². The van der Waals surface area contributed by atoms with E-state index in [-0.39, 0.29) is 0 Å². The van der Waals surface area contributed by atoms with E-state index in [4.69, 9.17) is 0 Å². The molecule has 0 spiro atoms. The van der Waals surface area contributed by atoms with Crippen LogP contribution in [-0.2, 0) is 0 Å². The van der Waals surface area contributed by atoms with Crippen molar-refractivity contribution in [3.8, 4) is 0 Å². The van der Waals surface area contributed by atoms with Crippen LogP contribution in [0.2, 0.25) is 5.54 Å². The minimum absolute atomic E-state index is 0.713. The Morgan fingerprint density at radius 3 is 1.38 bits per heavy atom. The van der Waals surface area contributed by atoms with Crippen LogP contribution in [0.1, 0.15) is 29.5 Å².